The van der Waals surface area contributed by atoms with Crippen LogP contribution in [0.25, 0.3) is 0 Å². The summed E-state index contributed by atoms with van der Waals surface area (Å²) in [5, 5.41) is 0. The molecule has 0 atom stereocenters. The molecule has 0 unspecified atom stereocenters. The Balaban J connectivity index is 0.993. The van der Waals surface area contributed by atoms with Gasteiger partial charge >= 0.3 is 17.9 Å². The zero-order valence-corrected chi connectivity index (χ0v) is 37.8. The van der Waals surface area contributed by atoms with Crippen molar-refractivity contribution in [3.63, 3.8) is 0 Å². The fraction of sp³-hybridized carbons (Fsp3) is 0.382. The van der Waals surface area contributed by atoms with Crippen LogP contribution in [0, 0.1) is 0 Å². The first-order chi connectivity index (χ1) is 31.4. The maximum Gasteiger partial charge on any atom is 0.343 e. The van der Waals surface area contributed by atoms with Crippen molar-refractivity contribution in [2.24, 2.45) is 4.99 Å². The Morgan fingerprint density at radius 1 is 0.406 bits per heavy atom. The molecule has 0 aromatic heterocycles. The lowest BCUT2D eigenvalue weighted by Crippen LogP contribution is -2.11. The van der Waals surface area contributed by atoms with Crippen LogP contribution in [0.1, 0.15) is 160 Å². The molecule has 338 valence electrons. The van der Waals surface area contributed by atoms with E-state index < -0.39 is 17.9 Å². The van der Waals surface area contributed by atoms with E-state index in [2.05, 4.69) is 18.8 Å². The molecule has 0 fully saturated rings. The molecule has 0 amide bonds. The molecule has 0 saturated carbocycles. The highest BCUT2D eigenvalue weighted by molar-refractivity contribution is 5.94. The minimum atomic E-state index is -0.630. The highest BCUT2D eigenvalue weighted by atomic mass is 16.5. The molecule has 0 aliphatic heterocycles. The van der Waals surface area contributed by atoms with E-state index in [1.54, 1.807) is 72.9 Å². The molecular weight excluding hydrogens is 803 g/mol. The molecule has 0 N–H and O–H groups in total. The van der Waals surface area contributed by atoms with E-state index >= 15 is 0 Å². The number of esters is 3. The monoisotopic (exact) mass is 867 g/mol. The first kappa shape index (κ1) is 48.8. The van der Waals surface area contributed by atoms with Gasteiger partial charge in [0.1, 0.15) is 28.7 Å². The summed E-state index contributed by atoms with van der Waals surface area (Å²) in [7, 11) is 0. The van der Waals surface area contributed by atoms with Gasteiger partial charge in [-0.1, -0.05) is 128 Å². The summed E-state index contributed by atoms with van der Waals surface area (Å²) in [6.45, 7) is 5.85. The summed E-state index contributed by atoms with van der Waals surface area (Å²) in [5.41, 5.74) is 2.60. The van der Waals surface area contributed by atoms with Gasteiger partial charge in [0.05, 0.1) is 35.6 Å². The van der Waals surface area contributed by atoms with E-state index in [0.717, 1.165) is 42.9 Å². The van der Waals surface area contributed by atoms with Crippen molar-refractivity contribution < 1.29 is 38.1 Å². The Morgan fingerprint density at radius 3 is 1.20 bits per heavy atom. The Morgan fingerprint density at radius 2 is 0.766 bits per heavy atom. The highest BCUT2D eigenvalue weighted by Gasteiger charge is 2.14. The van der Waals surface area contributed by atoms with Crippen molar-refractivity contribution in [3.05, 3.63) is 144 Å². The molecule has 0 heterocycles. The van der Waals surface area contributed by atoms with Crippen LogP contribution in [0.15, 0.2) is 126 Å². The van der Waals surface area contributed by atoms with Crippen molar-refractivity contribution in [2.75, 3.05) is 13.2 Å². The fourth-order valence-corrected chi connectivity index (χ4v) is 6.96. The number of nitrogens with zero attached hydrogens (tertiary/aromatic N) is 1. The molecule has 9 heteroatoms. The van der Waals surface area contributed by atoms with Crippen LogP contribution in [0.4, 0.5) is 5.69 Å². The van der Waals surface area contributed by atoms with Gasteiger partial charge < -0.3 is 23.7 Å². The third-order valence-electron chi connectivity index (χ3n) is 10.7. The summed E-state index contributed by atoms with van der Waals surface area (Å²) in [4.78, 5) is 43.3. The average Bonchev–Trinajstić information content (AvgIpc) is 3.32. The Bertz CT molecular complexity index is 2150. The highest BCUT2D eigenvalue weighted by Crippen LogP contribution is 2.24. The first-order valence-electron chi connectivity index (χ1n) is 23.4. The van der Waals surface area contributed by atoms with Crippen molar-refractivity contribution in [1.82, 2.24) is 0 Å². The van der Waals surface area contributed by atoms with Gasteiger partial charge in [-0.2, -0.15) is 0 Å². The normalized spacial score (nSPS) is 11.0. The lowest BCUT2D eigenvalue weighted by atomic mass is 10.1. The maximum atomic E-state index is 13.0. The standard InChI is InChI=1S/C55H65NO8/c1-3-5-7-9-11-13-15-17-18-39-60-48-33-27-45(28-34-48)53(57)62-50-35-29-46(30-36-50)55(59)64-52-22-20-21-51(41-52)63-54(58)44-25-23-43(24-26-44)42-56-47-31-37-49(38-32-47)61-40-19-16-14-12-10-8-6-4-2/h20-38,41-42H,3-19,39-40H2,1-2H3. The summed E-state index contributed by atoms with van der Waals surface area (Å²) in [6, 6.07) is 33.9. The lowest BCUT2D eigenvalue weighted by molar-refractivity contribution is 0.0723. The number of ether oxygens (including phenoxy) is 5. The molecular formula is C55H65NO8. The van der Waals surface area contributed by atoms with Gasteiger partial charge in [-0.05, 0) is 115 Å². The number of aliphatic imine (C=N–C) groups is 1. The van der Waals surface area contributed by atoms with Crippen molar-refractivity contribution in [3.8, 4) is 28.7 Å². The first-order valence-corrected chi connectivity index (χ1v) is 23.4. The minimum absolute atomic E-state index is 0.195. The number of unbranched alkanes of at least 4 members (excludes halogenated alkanes) is 15. The number of hydrogen-bond acceptors (Lipinski definition) is 9. The van der Waals surface area contributed by atoms with Crippen LogP contribution in [-0.2, 0) is 0 Å². The van der Waals surface area contributed by atoms with Crippen molar-refractivity contribution >= 4 is 29.8 Å². The zero-order chi connectivity index (χ0) is 45.0. The average molecular weight is 868 g/mol. The molecule has 0 saturated heterocycles. The summed E-state index contributed by atoms with van der Waals surface area (Å²) in [6.07, 6.45) is 23.2. The number of carbonyl (C=O) groups excluding carboxylic acids is 3. The number of benzene rings is 5. The Kier molecular flexibility index (Phi) is 21.7. The number of carbonyl (C=O) groups is 3. The third kappa shape index (κ3) is 18.2. The summed E-state index contributed by atoms with van der Waals surface area (Å²) in [5.74, 6) is 0.521. The largest absolute Gasteiger partial charge is 0.494 e. The summed E-state index contributed by atoms with van der Waals surface area (Å²) >= 11 is 0. The van der Waals surface area contributed by atoms with Gasteiger partial charge in [-0.3, -0.25) is 4.99 Å². The minimum Gasteiger partial charge on any atom is -0.494 e. The fourth-order valence-electron chi connectivity index (χ4n) is 6.96. The lowest BCUT2D eigenvalue weighted by Gasteiger charge is -2.09. The van der Waals surface area contributed by atoms with E-state index in [1.807, 2.05) is 24.3 Å². The van der Waals surface area contributed by atoms with E-state index in [1.165, 1.54) is 120 Å². The number of rotatable bonds is 29. The zero-order valence-electron chi connectivity index (χ0n) is 37.8. The van der Waals surface area contributed by atoms with Crippen LogP contribution >= 0.6 is 0 Å². The van der Waals surface area contributed by atoms with Gasteiger partial charge in [-0.25, -0.2) is 14.4 Å². The molecule has 0 aliphatic rings. The second-order valence-electron chi connectivity index (χ2n) is 16.1. The predicted molar refractivity (Wildman–Crippen MR) is 255 cm³/mol. The van der Waals surface area contributed by atoms with E-state index in [9.17, 15) is 14.4 Å². The molecule has 64 heavy (non-hydrogen) atoms. The summed E-state index contributed by atoms with van der Waals surface area (Å²) < 4.78 is 28.4. The molecule has 0 radical (unpaired) electrons. The van der Waals surface area contributed by atoms with Gasteiger partial charge in [0.2, 0.25) is 0 Å². The van der Waals surface area contributed by atoms with Crippen LogP contribution in [-0.4, -0.2) is 37.3 Å². The predicted octanol–water partition coefficient (Wildman–Crippen LogP) is 14.5. The van der Waals surface area contributed by atoms with Crippen molar-refractivity contribution in [2.45, 2.75) is 123 Å². The third-order valence-corrected chi connectivity index (χ3v) is 10.7. The smallest absolute Gasteiger partial charge is 0.343 e. The van der Waals surface area contributed by atoms with E-state index in [-0.39, 0.29) is 22.8 Å². The molecule has 0 aliphatic carbocycles. The van der Waals surface area contributed by atoms with E-state index in [0.29, 0.717) is 23.5 Å². The topological polar surface area (TPSA) is 110 Å². The van der Waals surface area contributed by atoms with Crippen LogP contribution in [0.2, 0.25) is 0 Å². The quantitative estimate of drug-likeness (QED) is 0.0202. The van der Waals surface area contributed by atoms with E-state index in [4.69, 9.17) is 23.7 Å². The SMILES string of the molecule is CCCCCCCCCCCOc1ccc(C(=O)Oc2ccc(C(=O)Oc3cccc(OC(=O)c4ccc(C=Nc5ccc(OCCCCCCCCCC)cc5)cc4)c3)cc2)cc1. The van der Waals surface area contributed by atoms with Crippen molar-refractivity contribution in [1.29, 1.82) is 0 Å². The van der Waals surface area contributed by atoms with Gasteiger partial charge in [0.15, 0.2) is 0 Å². The Hall–Kier alpha value is -6.22. The van der Waals surface area contributed by atoms with Crippen LogP contribution in [0.3, 0.4) is 0 Å². The molecule has 5 aromatic rings. The maximum absolute atomic E-state index is 13.0. The number of hydrogen-bond donors (Lipinski definition) is 0. The molecule has 0 spiro atoms. The molecule has 0 bridgehead atoms. The van der Waals surface area contributed by atoms with Crippen LogP contribution in [0.5, 0.6) is 28.7 Å². The van der Waals surface area contributed by atoms with Gasteiger partial charge in [-0.15, -0.1) is 0 Å². The second kappa shape index (κ2) is 28.5. The van der Waals surface area contributed by atoms with Gasteiger partial charge in [0, 0.05) is 12.3 Å². The Labute approximate surface area is 380 Å². The van der Waals surface area contributed by atoms with Gasteiger partial charge in [0.25, 0.3) is 0 Å². The molecule has 9 nitrogen and oxygen atoms in total. The van der Waals surface area contributed by atoms with Crippen LogP contribution < -0.4 is 23.7 Å². The molecule has 5 aromatic carbocycles. The second-order valence-corrected chi connectivity index (χ2v) is 16.1. The molecule has 5 rings (SSSR count).